The van der Waals surface area contributed by atoms with Crippen molar-refractivity contribution in [2.45, 2.75) is 32.1 Å². The smallest absolute Gasteiger partial charge is 0.306 e. The zero-order valence-corrected chi connectivity index (χ0v) is 7.03. The third kappa shape index (κ3) is 2.64. The molecule has 1 rings (SSSR count). The predicted octanol–water partition coefficient (Wildman–Crippen LogP) is 1.47. The van der Waals surface area contributed by atoms with E-state index >= 15 is 0 Å². The zero-order chi connectivity index (χ0) is 8.97. The summed E-state index contributed by atoms with van der Waals surface area (Å²) in [7, 11) is 0. The van der Waals surface area contributed by atoms with Crippen LogP contribution in [0, 0.1) is 11.8 Å². The molecule has 0 bridgehead atoms. The van der Waals surface area contributed by atoms with Gasteiger partial charge in [0.25, 0.3) is 0 Å². The minimum Gasteiger partial charge on any atom is -0.481 e. The molecule has 0 heterocycles. The molecule has 0 aromatic heterocycles. The highest BCUT2D eigenvalue weighted by Gasteiger charge is 2.35. The summed E-state index contributed by atoms with van der Waals surface area (Å²) in [6.07, 6.45) is 4.84. The number of unbranched alkanes of at least 4 members (excludes halogenated alkanes) is 1. The second kappa shape index (κ2) is 4.24. The number of rotatable bonds is 6. The molecule has 0 spiro atoms. The molecule has 1 saturated carbocycles. The first-order valence-corrected chi connectivity index (χ1v) is 4.42. The Hall–Kier alpha value is -0.860. The van der Waals surface area contributed by atoms with E-state index < -0.39 is 5.97 Å². The van der Waals surface area contributed by atoms with Crippen molar-refractivity contribution in [3.05, 3.63) is 0 Å². The number of aldehydes is 1. The number of carboxylic acid groups (broad SMARTS) is 1. The average molecular weight is 170 g/mol. The molecule has 68 valence electrons. The van der Waals surface area contributed by atoms with Gasteiger partial charge in [-0.2, -0.15) is 0 Å². The molecule has 1 fully saturated rings. The molecule has 1 aliphatic rings. The normalized spacial score (nSPS) is 18.7. The molecule has 3 nitrogen and oxygen atoms in total. The first kappa shape index (κ1) is 9.23. The number of aliphatic carboxylic acids is 1. The molecule has 1 atom stereocenters. The minimum absolute atomic E-state index is 0.190. The lowest BCUT2D eigenvalue weighted by atomic mass is 9.97. The van der Waals surface area contributed by atoms with E-state index in [-0.39, 0.29) is 5.92 Å². The quantitative estimate of drug-likeness (QED) is 0.485. The molecule has 3 heteroatoms. The van der Waals surface area contributed by atoms with Crippen LogP contribution in [0.15, 0.2) is 0 Å². The summed E-state index contributed by atoms with van der Waals surface area (Å²) in [5.74, 6) is -0.484. The van der Waals surface area contributed by atoms with Gasteiger partial charge < -0.3 is 9.90 Å². The van der Waals surface area contributed by atoms with Gasteiger partial charge in [0.2, 0.25) is 0 Å². The lowest BCUT2D eigenvalue weighted by Crippen LogP contribution is -2.15. The van der Waals surface area contributed by atoms with E-state index in [1.54, 1.807) is 0 Å². The number of hydrogen-bond donors (Lipinski definition) is 1. The maximum absolute atomic E-state index is 10.7. The van der Waals surface area contributed by atoms with Crippen LogP contribution in [-0.4, -0.2) is 17.4 Å². The van der Waals surface area contributed by atoms with Crippen LogP contribution >= 0.6 is 0 Å². The standard InChI is InChI=1S/C9H14O3/c10-6-2-1-3-8(9(11)12)7-4-5-7/h6-8H,1-5H2,(H,11,12). The molecule has 0 radical (unpaired) electrons. The summed E-state index contributed by atoms with van der Waals surface area (Å²) in [5, 5.41) is 8.79. The van der Waals surface area contributed by atoms with E-state index in [1.807, 2.05) is 0 Å². The van der Waals surface area contributed by atoms with E-state index in [0.29, 0.717) is 18.8 Å². The van der Waals surface area contributed by atoms with Gasteiger partial charge in [-0.25, -0.2) is 0 Å². The molecule has 12 heavy (non-hydrogen) atoms. The Bertz CT molecular complexity index is 173. The Morgan fingerprint density at radius 2 is 2.25 bits per heavy atom. The molecule has 1 N–H and O–H groups in total. The SMILES string of the molecule is O=CCCCC(C(=O)O)C1CC1. The fourth-order valence-electron chi connectivity index (χ4n) is 1.48. The molecule has 1 aliphatic carbocycles. The first-order chi connectivity index (χ1) is 5.75. The van der Waals surface area contributed by atoms with Crippen LogP contribution in [0.25, 0.3) is 0 Å². The van der Waals surface area contributed by atoms with Crippen molar-refractivity contribution in [1.82, 2.24) is 0 Å². The van der Waals surface area contributed by atoms with Crippen LogP contribution in [0.1, 0.15) is 32.1 Å². The molecule has 1 unspecified atom stereocenters. The fourth-order valence-corrected chi connectivity index (χ4v) is 1.48. The highest BCUT2D eigenvalue weighted by atomic mass is 16.4. The van der Waals surface area contributed by atoms with Crippen LogP contribution in [-0.2, 0) is 9.59 Å². The summed E-state index contributed by atoms with van der Waals surface area (Å²) < 4.78 is 0. The van der Waals surface area contributed by atoms with Gasteiger partial charge in [0.1, 0.15) is 6.29 Å². The molecule has 0 amide bonds. The van der Waals surface area contributed by atoms with E-state index in [9.17, 15) is 9.59 Å². The summed E-state index contributed by atoms with van der Waals surface area (Å²) in [6.45, 7) is 0. The largest absolute Gasteiger partial charge is 0.481 e. The van der Waals surface area contributed by atoms with Gasteiger partial charge in [-0.3, -0.25) is 4.79 Å². The van der Waals surface area contributed by atoms with Crippen LogP contribution < -0.4 is 0 Å². The molecular formula is C9H14O3. The molecule has 0 aliphatic heterocycles. The van der Waals surface area contributed by atoms with Crippen LogP contribution in [0.4, 0.5) is 0 Å². The van der Waals surface area contributed by atoms with Gasteiger partial charge in [0.05, 0.1) is 5.92 Å². The van der Waals surface area contributed by atoms with Crippen molar-refractivity contribution in [1.29, 1.82) is 0 Å². The van der Waals surface area contributed by atoms with Crippen molar-refractivity contribution in [3.63, 3.8) is 0 Å². The number of hydrogen-bond acceptors (Lipinski definition) is 2. The van der Waals surface area contributed by atoms with Crippen LogP contribution in [0.5, 0.6) is 0 Å². The Kier molecular flexibility index (Phi) is 3.26. The highest BCUT2D eigenvalue weighted by molar-refractivity contribution is 5.70. The van der Waals surface area contributed by atoms with Gasteiger partial charge in [0.15, 0.2) is 0 Å². The Labute approximate surface area is 71.8 Å². The van der Waals surface area contributed by atoms with E-state index in [2.05, 4.69) is 0 Å². The van der Waals surface area contributed by atoms with Crippen molar-refractivity contribution in [2.24, 2.45) is 11.8 Å². The lowest BCUT2D eigenvalue weighted by molar-refractivity contribution is -0.142. The Morgan fingerprint density at radius 1 is 1.58 bits per heavy atom. The van der Waals surface area contributed by atoms with Crippen molar-refractivity contribution in [3.8, 4) is 0 Å². The number of carbonyl (C=O) groups is 2. The van der Waals surface area contributed by atoms with E-state index in [0.717, 1.165) is 25.5 Å². The molecular weight excluding hydrogens is 156 g/mol. The summed E-state index contributed by atoms with van der Waals surface area (Å²) in [6, 6.07) is 0. The fraction of sp³-hybridized carbons (Fsp3) is 0.778. The van der Waals surface area contributed by atoms with Gasteiger partial charge in [-0.15, -0.1) is 0 Å². The zero-order valence-electron chi connectivity index (χ0n) is 7.03. The van der Waals surface area contributed by atoms with E-state index in [1.165, 1.54) is 0 Å². The Morgan fingerprint density at radius 3 is 2.67 bits per heavy atom. The third-order valence-corrected chi connectivity index (χ3v) is 2.35. The van der Waals surface area contributed by atoms with Crippen LogP contribution in [0.3, 0.4) is 0 Å². The lowest BCUT2D eigenvalue weighted by Gasteiger charge is -2.08. The number of carbonyl (C=O) groups excluding carboxylic acids is 1. The van der Waals surface area contributed by atoms with Crippen molar-refractivity contribution >= 4 is 12.3 Å². The predicted molar refractivity (Wildman–Crippen MR) is 43.8 cm³/mol. The summed E-state index contributed by atoms with van der Waals surface area (Å²) in [5.41, 5.74) is 0. The van der Waals surface area contributed by atoms with Crippen LogP contribution in [0.2, 0.25) is 0 Å². The van der Waals surface area contributed by atoms with Gasteiger partial charge in [0, 0.05) is 6.42 Å². The van der Waals surface area contributed by atoms with Gasteiger partial charge >= 0.3 is 5.97 Å². The highest BCUT2D eigenvalue weighted by Crippen LogP contribution is 2.39. The average Bonchev–Trinajstić information content (AvgIpc) is 2.80. The van der Waals surface area contributed by atoms with E-state index in [4.69, 9.17) is 5.11 Å². The minimum atomic E-state index is -0.691. The Balaban J connectivity index is 2.23. The van der Waals surface area contributed by atoms with Crippen molar-refractivity contribution < 1.29 is 14.7 Å². The second-order valence-electron chi connectivity index (χ2n) is 3.38. The van der Waals surface area contributed by atoms with Gasteiger partial charge in [-0.1, -0.05) is 0 Å². The maximum Gasteiger partial charge on any atom is 0.306 e. The third-order valence-electron chi connectivity index (χ3n) is 2.35. The summed E-state index contributed by atoms with van der Waals surface area (Å²) in [4.78, 5) is 20.7. The molecule has 0 aromatic rings. The maximum atomic E-state index is 10.7. The molecule has 0 aromatic carbocycles. The first-order valence-electron chi connectivity index (χ1n) is 4.42. The van der Waals surface area contributed by atoms with Gasteiger partial charge in [-0.05, 0) is 31.6 Å². The monoisotopic (exact) mass is 170 g/mol. The second-order valence-corrected chi connectivity index (χ2v) is 3.38. The summed E-state index contributed by atoms with van der Waals surface area (Å²) >= 11 is 0. The topological polar surface area (TPSA) is 54.4 Å². The van der Waals surface area contributed by atoms with Crippen molar-refractivity contribution in [2.75, 3.05) is 0 Å². The molecule has 0 saturated heterocycles. The number of carboxylic acids is 1.